The van der Waals surface area contributed by atoms with Crippen molar-refractivity contribution in [3.8, 4) is 22.6 Å². The van der Waals surface area contributed by atoms with E-state index in [1.807, 2.05) is 12.3 Å². The highest BCUT2D eigenvalue weighted by atomic mass is 15.1. The molecule has 0 fully saturated rings. The van der Waals surface area contributed by atoms with Gasteiger partial charge in [-0.05, 0) is 36.4 Å². The minimum atomic E-state index is 0.968. The molecule has 8 rings (SSSR count). The smallest absolute Gasteiger partial charge is 0.0942 e. The lowest BCUT2D eigenvalue weighted by molar-refractivity contribution is 1.13. The topological polar surface area (TPSA) is 22.8 Å². The van der Waals surface area contributed by atoms with Crippen LogP contribution in [0.25, 0.3) is 66.2 Å². The van der Waals surface area contributed by atoms with Gasteiger partial charge >= 0.3 is 0 Å². The Hall–Kier alpha value is -5.15. The summed E-state index contributed by atoms with van der Waals surface area (Å²) in [4.78, 5) is 4.89. The van der Waals surface area contributed by atoms with Gasteiger partial charge in [0.05, 0.1) is 33.4 Å². The van der Waals surface area contributed by atoms with Gasteiger partial charge in [0, 0.05) is 39.0 Å². The van der Waals surface area contributed by atoms with Gasteiger partial charge in [-0.3, -0.25) is 4.98 Å². The molecule has 0 saturated carbocycles. The van der Waals surface area contributed by atoms with Crippen LogP contribution in [0.3, 0.4) is 0 Å². The molecule has 0 bridgehead atoms. The summed E-state index contributed by atoms with van der Waals surface area (Å²) in [7, 11) is 0. The number of nitrogens with zero attached hydrogens (tertiary/aromatic N) is 3. The van der Waals surface area contributed by atoms with E-state index in [1.54, 1.807) is 0 Å². The van der Waals surface area contributed by atoms with E-state index in [-0.39, 0.29) is 0 Å². The lowest BCUT2D eigenvalue weighted by atomic mass is 10.1. The van der Waals surface area contributed by atoms with Crippen LogP contribution in [0, 0.1) is 0 Å². The maximum Gasteiger partial charge on any atom is 0.0942 e. The Morgan fingerprint density at radius 1 is 0.421 bits per heavy atom. The molecule has 3 nitrogen and oxygen atoms in total. The number of fused-ring (bicyclic) bond motifs is 7. The Balaban J connectivity index is 1.63. The van der Waals surface area contributed by atoms with Crippen molar-refractivity contribution in [3.05, 3.63) is 140 Å². The number of aromatic nitrogens is 3. The Bertz CT molecular complexity index is 2120. The summed E-state index contributed by atoms with van der Waals surface area (Å²) in [5.74, 6) is 0. The fraction of sp³-hybridized carbons (Fsp3) is 0. The molecule has 8 aromatic rings. The van der Waals surface area contributed by atoms with Crippen LogP contribution < -0.4 is 0 Å². The molecule has 0 unspecified atom stereocenters. The molecule has 0 N–H and O–H groups in total. The van der Waals surface area contributed by atoms with Crippen molar-refractivity contribution in [2.24, 2.45) is 0 Å². The predicted octanol–water partition coefficient (Wildman–Crippen LogP) is 8.94. The second-order valence-corrected chi connectivity index (χ2v) is 9.64. The van der Waals surface area contributed by atoms with Crippen LogP contribution >= 0.6 is 0 Å². The first-order valence-corrected chi connectivity index (χ1v) is 12.9. The molecule has 178 valence electrons. The van der Waals surface area contributed by atoms with Crippen molar-refractivity contribution >= 4 is 43.6 Å². The summed E-state index contributed by atoms with van der Waals surface area (Å²) in [5.41, 5.74) is 9.06. The van der Waals surface area contributed by atoms with Crippen molar-refractivity contribution < 1.29 is 0 Å². The maximum absolute atomic E-state index is 4.89. The van der Waals surface area contributed by atoms with Crippen molar-refractivity contribution in [2.45, 2.75) is 0 Å². The lowest BCUT2D eigenvalue weighted by Gasteiger charge is -2.15. The third-order valence-corrected chi connectivity index (χ3v) is 7.56. The van der Waals surface area contributed by atoms with Gasteiger partial charge in [-0.1, -0.05) is 97.1 Å². The van der Waals surface area contributed by atoms with Gasteiger partial charge in [0.15, 0.2) is 0 Å². The molecule has 38 heavy (non-hydrogen) atoms. The summed E-state index contributed by atoms with van der Waals surface area (Å²) in [6, 6.07) is 47.4. The molecule has 3 heterocycles. The highest BCUT2D eigenvalue weighted by molar-refractivity contribution is 6.23. The average Bonchev–Trinajstić information content (AvgIpc) is 3.51. The van der Waals surface area contributed by atoms with E-state index in [0.717, 1.165) is 22.6 Å². The molecule has 0 atom stereocenters. The molecular formula is C35H23N3. The summed E-state index contributed by atoms with van der Waals surface area (Å²) >= 11 is 0. The molecule has 0 aliphatic carbocycles. The largest absolute Gasteiger partial charge is 0.307 e. The van der Waals surface area contributed by atoms with E-state index in [9.17, 15) is 0 Å². The number of rotatable bonds is 3. The summed E-state index contributed by atoms with van der Waals surface area (Å²) < 4.78 is 4.83. The van der Waals surface area contributed by atoms with E-state index >= 15 is 0 Å². The third kappa shape index (κ3) is 2.93. The molecule has 0 radical (unpaired) electrons. The molecule has 5 aromatic carbocycles. The number of hydrogen-bond acceptors (Lipinski definition) is 1. The van der Waals surface area contributed by atoms with Crippen LogP contribution in [0.1, 0.15) is 0 Å². The number of benzene rings is 5. The van der Waals surface area contributed by atoms with Gasteiger partial charge in [0.2, 0.25) is 0 Å². The van der Waals surface area contributed by atoms with Crippen LogP contribution in [0.5, 0.6) is 0 Å². The van der Waals surface area contributed by atoms with Crippen LogP contribution in [-0.4, -0.2) is 14.1 Å². The van der Waals surface area contributed by atoms with Gasteiger partial charge in [0.25, 0.3) is 0 Å². The van der Waals surface area contributed by atoms with Gasteiger partial charge in [-0.25, -0.2) is 0 Å². The first kappa shape index (κ1) is 21.0. The monoisotopic (exact) mass is 485 g/mol. The van der Waals surface area contributed by atoms with E-state index in [2.05, 4.69) is 137 Å². The van der Waals surface area contributed by atoms with E-state index < -0.39 is 0 Å². The van der Waals surface area contributed by atoms with Gasteiger partial charge < -0.3 is 9.13 Å². The van der Waals surface area contributed by atoms with Gasteiger partial charge in [0.1, 0.15) is 0 Å². The zero-order valence-electron chi connectivity index (χ0n) is 20.6. The van der Waals surface area contributed by atoms with Crippen molar-refractivity contribution in [1.29, 1.82) is 0 Å². The molecule has 0 spiro atoms. The first-order chi connectivity index (χ1) is 18.9. The maximum atomic E-state index is 4.89. The minimum Gasteiger partial charge on any atom is -0.307 e. The molecule has 0 aliphatic heterocycles. The molecular weight excluding hydrogens is 462 g/mol. The summed E-state index contributed by atoms with van der Waals surface area (Å²) in [6.45, 7) is 0. The molecule has 0 aliphatic rings. The van der Waals surface area contributed by atoms with Gasteiger partial charge in [-0.15, -0.1) is 0 Å². The Kier molecular flexibility index (Phi) is 4.52. The van der Waals surface area contributed by atoms with Gasteiger partial charge in [-0.2, -0.15) is 0 Å². The molecule has 3 heteroatoms. The first-order valence-electron chi connectivity index (χ1n) is 12.9. The minimum absolute atomic E-state index is 0.968. The second kappa shape index (κ2) is 8.19. The van der Waals surface area contributed by atoms with Crippen LogP contribution in [0.15, 0.2) is 140 Å². The molecule has 0 saturated heterocycles. The fourth-order valence-electron chi connectivity index (χ4n) is 5.99. The Morgan fingerprint density at radius 3 is 1.66 bits per heavy atom. The van der Waals surface area contributed by atoms with Crippen molar-refractivity contribution in [2.75, 3.05) is 0 Å². The van der Waals surface area contributed by atoms with Crippen LogP contribution in [-0.2, 0) is 0 Å². The van der Waals surface area contributed by atoms with Crippen LogP contribution in [0.4, 0.5) is 0 Å². The second-order valence-electron chi connectivity index (χ2n) is 9.64. The SMILES string of the molecule is c1ccc(-c2ncccc2-n2c3ccccc3c3ccc4c5ccccc5n(-c5ccccc5)c4c32)cc1. The zero-order chi connectivity index (χ0) is 25.1. The normalized spacial score (nSPS) is 11.7. The van der Waals surface area contributed by atoms with Crippen LogP contribution in [0.2, 0.25) is 0 Å². The van der Waals surface area contributed by atoms with E-state index in [1.165, 1.54) is 43.6 Å². The standard InChI is InChI=1S/C35H23N3/c1-3-12-24(13-4-1)33-32(20-11-23-36-33)38-31-19-10-8-17-27(31)29-22-21-28-26-16-7-9-18-30(26)37(34(28)35(29)38)25-14-5-2-6-15-25/h1-23H. The number of para-hydroxylation sites is 3. The molecule has 3 aromatic heterocycles. The zero-order valence-corrected chi connectivity index (χ0v) is 20.6. The Labute approximate surface area is 219 Å². The number of hydrogen-bond donors (Lipinski definition) is 0. The highest BCUT2D eigenvalue weighted by Gasteiger charge is 2.22. The summed E-state index contributed by atoms with van der Waals surface area (Å²) in [5, 5.41) is 4.96. The lowest BCUT2D eigenvalue weighted by Crippen LogP contribution is -2.01. The van der Waals surface area contributed by atoms with Crippen molar-refractivity contribution in [3.63, 3.8) is 0 Å². The Morgan fingerprint density at radius 2 is 0.974 bits per heavy atom. The average molecular weight is 486 g/mol. The predicted molar refractivity (Wildman–Crippen MR) is 158 cm³/mol. The van der Waals surface area contributed by atoms with E-state index in [4.69, 9.17) is 4.98 Å². The number of pyridine rings is 1. The fourth-order valence-corrected chi connectivity index (χ4v) is 5.99. The highest BCUT2D eigenvalue weighted by Crippen LogP contribution is 2.42. The van der Waals surface area contributed by atoms with Crippen molar-refractivity contribution in [1.82, 2.24) is 14.1 Å². The third-order valence-electron chi connectivity index (χ3n) is 7.56. The quantitative estimate of drug-likeness (QED) is 0.245. The summed E-state index contributed by atoms with van der Waals surface area (Å²) in [6.07, 6.45) is 1.89. The molecule has 0 amide bonds. The van der Waals surface area contributed by atoms with E-state index in [0.29, 0.717) is 0 Å².